The predicted molar refractivity (Wildman–Crippen MR) is 50.7 cm³/mol. The van der Waals surface area contributed by atoms with Gasteiger partial charge in [-0.15, -0.1) is 11.8 Å². The Morgan fingerprint density at radius 2 is 2.20 bits per heavy atom. The summed E-state index contributed by atoms with van der Waals surface area (Å²) in [5.74, 6) is 1.10. The minimum atomic E-state index is 1.07. The summed E-state index contributed by atoms with van der Waals surface area (Å²) in [6.07, 6.45) is 3.19. The van der Waals surface area contributed by atoms with Crippen molar-refractivity contribution in [3.8, 4) is 0 Å². The zero-order chi connectivity index (χ0) is 7.82. The van der Waals surface area contributed by atoms with Crippen LogP contribution in [0, 0.1) is 0 Å². The molecule has 0 spiro atoms. The van der Waals surface area contributed by atoms with Crippen LogP contribution in [0.25, 0.3) is 0 Å². The summed E-state index contributed by atoms with van der Waals surface area (Å²) in [4.78, 5) is 4.20. The smallest absolute Gasteiger partial charge is 0.0599 e. The molecule has 0 fully saturated rings. The fourth-order valence-corrected chi connectivity index (χ4v) is 0.933. The van der Waals surface area contributed by atoms with Gasteiger partial charge in [0.25, 0.3) is 0 Å². The van der Waals surface area contributed by atoms with Gasteiger partial charge < -0.3 is 0 Å². The van der Waals surface area contributed by atoms with E-state index in [2.05, 4.69) is 24.9 Å². The minimum Gasteiger partial charge on any atom is -0.255 e. The van der Waals surface area contributed by atoms with Crippen LogP contribution >= 0.6 is 11.8 Å². The Labute approximate surface area is 67.6 Å². The molecule has 10 heavy (non-hydrogen) atoms. The highest BCUT2D eigenvalue weighted by Crippen LogP contribution is 1.99. The molecule has 0 aromatic rings. The molecule has 0 aliphatic heterocycles. The van der Waals surface area contributed by atoms with Gasteiger partial charge in [0.05, 0.1) is 5.55 Å². The molecule has 58 valence electrons. The lowest BCUT2D eigenvalue weighted by molar-refractivity contribution is 1.16. The van der Waals surface area contributed by atoms with Crippen LogP contribution in [0.5, 0.6) is 0 Å². The van der Waals surface area contributed by atoms with Gasteiger partial charge in [-0.25, -0.2) is 0 Å². The summed E-state index contributed by atoms with van der Waals surface area (Å²) in [6.45, 7) is 6.26. The second-order valence-electron chi connectivity index (χ2n) is 1.94. The van der Waals surface area contributed by atoms with Crippen LogP contribution in [-0.2, 0) is 0 Å². The number of thioether (sulfide) groups is 1. The molecule has 0 radical (unpaired) electrons. The van der Waals surface area contributed by atoms with Crippen molar-refractivity contribution in [3.63, 3.8) is 0 Å². The molecule has 0 amide bonds. The number of aliphatic imine (C=N–C) groups is 1. The summed E-state index contributed by atoms with van der Waals surface area (Å²) in [5, 5.41) is 0. The van der Waals surface area contributed by atoms with Crippen molar-refractivity contribution >= 4 is 17.3 Å². The van der Waals surface area contributed by atoms with Crippen LogP contribution in [0.15, 0.2) is 16.8 Å². The SMILES string of the molecule is CC/C=C(\C)N=CSCC. The Hall–Kier alpha value is -0.240. The highest BCUT2D eigenvalue weighted by atomic mass is 32.2. The van der Waals surface area contributed by atoms with E-state index in [-0.39, 0.29) is 0 Å². The van der Waals surface area contributed by atoms with Crippen molar-refractivity contribution in [1.82, 2.24) is 0 Å². The van der Waals surface area contributed by atoms with E-state index in [1.165, 1.54) is 0 Å². The first-order valence-electron chi connectivity index (χ1n) is 3.62. The van der Waals surface area contributed by atoms with Gasteiger partial charge in [0, 0.05) is 5.70 Å². The van der Waals surface area contributed by atoms with Crippen LogP contribution in [0.4, 0.5) is 0 Å². The third-order valence-electron chi connectivity index (χ3n) is 0.997. The van der Waals surface area contributed by atoms with E-state index in [4.69, 9.17) is 0 Å². The molecule has 0 N–H and O–H groups in total. The molecule has 0 unspecified atom stereocenters. The molecule has 0 aromatic heterocycles. The van der Waals surface area contributed by atoms with Crippen molar-refractivity contribution in [3.05, 3.63) is 11.8 Å². The largest absolute Gasteiger partial charge is 0.255 e. The average Bonchev–Trinajstić information content (AvgIpc) is 1.89. The van der Waals surface area contributed by atoms with Gasteiger partial charge in [-0.3, -0.25) is 4.99 Å². The first kappa shape index (κ1) is 9.76. The maximum atomic E-state index is 4.20. The third kappa shape index (κ3) is 5.89. The maximum Gasteiger partial charge on any atom is 0.0599 e. The molecule has 0 rings (SSSR count). The quantitative estimate of drug-likeness (QED) is 0.451. The van der Waals surface area contributed by atoms with E-state index in [0.29, 0.717) is 0 Å². The second-order valence-corrected chi connectivity index (χ2v) is 3.07. The lowest BCUT2D eigenvalue weighted by atomic mass is 10.4. The predicted octanol–water partition coefficient (Wildman–Crippen LogP) is 3.08. The summed E-state index contributed by atoms with van der Waals surface area (Å²) in [6, 6.07) is 0. The van der Waals surface area contributed by atoms with E-state index < -0.39 is 0 Å². The first-order chi connectivity index (χ1) is 4.81. The maximum absolute atomic E-state index is 4.20. The van der Waals surface area contributed by atoms with Gasteiger partial charge in [-0.05, 0) is 19.1 Å². The first-order valence-corrected chi connectivity index (χ1v) is 4.67. The van der Waals surface area contributed by atoms with Crippen LogP contribution < -0.4 is 0 Å². The summed E-state index contributed by atoms with van der Waals surface area (Å²) < 4.78 is 0. The molecule has 0 atom stereocenters. The van der Waals surface area contributed by atoms with Gasteiger partial charge in [0.1, 0.15) is 0 Å². The normalized spacial score (nSPS) is 12.9. The van der Waals surface area contributed by atoms with Gasteiger partial charge in [0.2, 0.25) is 0 Å². The Morgan fingerprint density at radius 3 is 2.70 bits per heavy atom. The zero-order valence-corrected chi connectivity index (χ0v) is 7.74. The third-order valence-corrected chi connectivity index (χ3v) is 1.58. The fourth-order valence-electron chi connectivity index (χ4n) is 0.543. The molecule has 1 nitrogen and oxygen atoms in total. The van der Waals surface area contributed by atoms with Crippen molar-refractivity contribution < 1.29 is 0 Å². The lowest BCUT2D eigenvalue weighted by Gasteiger charge is -1.88. The van der Waals surface area contributed by atoms with E-state index in [9.17, 15) is 0 Å². The number of rotatable bonds is 4. The summed E-state index contributed by atoms with van der Waals surface area (Å²) in [7, 11) is 0. The molecule has 0 aliphatic carbocycles. The number of allylic oxidation sites excluding steroid dienone is 2. The van der Waals surface area contributed by atoms with E-state index in [1.54, 1.807) is 11.8 Å². The van der Waals surface area contributed by atoms with Crippen molar-refractivity contribution in [2.24, 2.45) is 4.99 Å². The molecular weight excluding hydrogens is 142 g/mol. The monoisotopic (exact) mass is 157 g/mol. The molecule has 0 heterocycles. The lowest BCUT2D eigenvalue weighted by Crippen LogP contribution is -1.71. The summed E-state index contributed by atoms with van der Waals surface area (Å²) in [5.41, 5.74) is 3.02. The Bertz CT molecular complexity index is 127. The molecule has 0 aliphatic rings. The molecule has 0 saturated heterocycles. The van der Waals surface area contributed by atoms with E-state index >= 15 is 0 Å². The molecule has 2 heteroatoms. The van der Waals surface area contributed by atoms with E-state index in [1.807, 2.05) is 12.5 Å². The molecule has 0 aromatic carbocycles. The van der Waals surface area contributed by atoms with Crippen molar-refractivity contribution in [2.75, 3.05) is 5.75 Å². The highest BCUT2D eigenvalue weighted by molar-refractivity contribution is 8.12. The van der Waals surface area contributed by atoms with Gasteiger partial charge in [0.15, 0.2) is 0 Å². The zero-order valence-electron chi connectivity index (χ0n) is 6.92. The van der Waals surface area contributed by atoms with Gasteiger partial charge in [-0.2, -0.15) is 0 Å². The van der Waals surface area contributed by atoms with Crippen LogP contribution in [0.2, 0.25) is 0 Å². The minimum absolute atomic E-state index is 1.07. The Balaban J connectivity index is 3.55. The van der Waals surface area contributed by atoms with Crippen molar-refractivity contribution in [2.45, 2.75) is 27.2 Å². The molecule has 0 bridgehead atoms. The number of nitrogens with zero attached hydrogens (tertiary/aromatic N) is 1. The van der Waals surface area contributed by atoms with Gasteiger partial charge >= 0.3 is 0 Å². The van der Waals surface area contributed by atoms with Crippen LogP contribution in [0.3, 0.4) is 0 Å². The van der Waals surface area contributed by atoms with Crippen LogP contribution in [0.1, 0.15) is 27.2 Å². The Morgan fingerprint density at radius 1 is 1.50 bits per heavy atom. The topological polar surface area (TPSA) is 12.4 Å². The average molecular weight is 157 g/mol. The van der Waals surface area contributed by atoms with Crippen LogP contribution in [-0.4, -0.2) is 11.3 Å². The van der Waals surface area contributed by atoms with Gasteiger partial charge in [-0.1, -0.05) is 19.9 Å². The Kier molecular flexibility index (Phi) is 6.71. The van der Waals surface area contributed by atoms with E-state index in [0.717, 1.165) is 17.9 Å². The standard InChI is InChI=1S/C8H15NS/c1-4-6-8(3)9-7-10-5-2/h6-7H,4-5H2,1-3H3/b8-6+,9-7?. The highest BCUT2D eigenvalue weighted by Gasteiger charge is 1.78. The van der Waals surface area contributed by atoms with Crippen molar-refractivity contribution in [1.29, 1.82) is 0 Å². The molecule has 0 saturated carbocycles. The number of hydrogen-bond acceptors (Lipinski definition) is 2. The fraction of sp³-hybridized carbons (Fsp3) is 0.625. The molecular formula is C8H15NS. The number of hydrogen-bond donors (Lipinski definition) is 0. The summed E-state index contributed by atoms with van der Waals surface area (Å²) >= 11 is 1.73. The second kappa shape index (κ2) is 6.87.